The van der Waals surface area contributed by atoms with E-state index in [0.29, 0.717) is 19.0 Å². The number of nitrogens with one attached hydrogen (secondary N) is 1. The molecule has 2 aromatic carbocycles. The number of anilines is 1. The number of nitrogens with zero attached hydrogens (tertiary/aromatic N) is 3. The van der Waals surface area contributed by atoms with Gasteiger partial charge in [0.15, 0.2) is 0 Å². The predicted molar refractivity (Wildman–Crippen MR) is 125 cm³/mol. The van der Waals surface area contributed by atoms with Crippen LogP contribution in [0.15, 0.2) is 85.3 Å². The van der Waals surface area contributed by atoms with Crippen molar-refractivity contribution in [2.75, 3.05) is 11.9 Å². The van der Waals surface area contributed by atoms with Crippen LogP contribution in [0.3, 0.4) is 0 Å². The lowest BCUT2D eigenvalue weighted by atomic mass is 10.00. The molecular formula is C25H26N6. The van der Waals surface area contributed by atoms with Crippen LogP contribution in [0.4, 0.5) is 5.95 Å². The molecule has 4 aromatic rings. The first-order valence-corrected chi connectivity index (χ1v) is 10.3. The van der Waals surface area contributed by atoms with Gasteiger partial charge in [-0.05, 0) is 41.3 Å². The lowest BCUT2D eigenvalue weighted by Gasteiger charge is -2.15. The Bertz CT molecular complexity index is 1120. The molecule has 0 saturated carbocycles. The number of nitrogens with two attached hydrogens (primary N) is 2. The van der Waals surface area contributed by atoms with Crippen LogP contribution >= 0.6 is 0 Å². The van der Waals surface area contributed by atoms with E-state index < -0.39 is 0 Å². The Morgan fingerprint density at radius 2 is 1.65 bits per heavy atom. The van der Waals surface area contributed by atoms with Gasteiger partial charge in [0.1, 0.15) is 0 Å². The maximum Gasteiger partial charge on any atom is 0.223 e. The molecule has 0 bridgehead atoms. The summed E-state index contributed by atoms with van der Waals surface area (Å²) in [4.78, 5) is 13.5. The average Bonchev–Trinajstić information content (AvgIpc) is 2.84. The number of pyridine rings is 1. The molecule has 0 fully saturated rings. The summed E-state index contributed by atoms with van der Waals surface area (Å²) in [6.45, 7) is 1.06. The Hall–Kier alpha value is -3.61. The van der Waals surface area contributed by atoms with Gasteiger partial charge in [0.05, 0.1) is 5.69 Å². The first kappa shape index (κ1) is 20.7. The van der Waals surface area contributed by atoms with Crippen molar-refractivity contribution in [3.63, 3.8) is 0 Å². The van der Waals surface area contributed by atoms with Gasteiger partial charge < -0.3 is 16.8 Å². The van der Waals surface area contributed by atoms with Crippen LogP contribution < -0.4 is 16.8 Å². The minimum absolute atomic E-state index is 0.0451. The van der Waals surface area contributed by atoms with Crippen LogP contribution in [-0.4, -0.2) is 27.5 Å². The summed E-state index contributed by atoms with van der Waals surface area (Å²) in [6.07, 6.45) is 6.17. The SMILES string of the molecule is NCc1cccc(-c2cnc(NC[C@@H](N)Cc3ccccc3)nc2-c2ccncc2)c1. The molecule has 6 nitrogen and oxygen atoms in total. The van der Waals surface area contributed by atoms with Gasteiger partial charge in [0, 0.05) is 48.8 Å². The standard InChI is InChI=1S/C25H26N6/c26-15-19-7-4-8-21(13-19)23-17-30-25(31-24(23)20-9-11-28-12-10-20)29-16-22(27)14-18-5-2-1-3-6-18/h1-13,17,22H,14-16,26-27H2,(H,29,30,31)/t22-/m0/s1. The van der Waals surface area contributed by atoms with E-state index in [1.165, 1.54) is 5.56 Å². The van der Waals surface area contributed by atoms with Crippen molar-refractivity contribution in [1.82, 2.24) is 15.0 Å². The minimum Gasteiger partial charge on any atom is -0.353 e. The van der Waals surface area contributed by atoms with Crippen molar-refractivity contribution in [3.8, 4) is 22.4 Å². The molecule has 0 unspecified atom stereocenters. The third-order valence-corrected chi connectivity index (χ3v) is 5.08. The monoisotopic (exact) mass is 410 g/mol. The second-order valence-corrected chi connectivity index (χ2v) is 7.43. The van der Waals surface area contributed by atoms with E-state index in [1.54, 1.807) is 12.4 Å². The molecular weight excluding hydrogens is 384 g/mol. The molecule has 1 atom stereocenters. The van der Waals surface area contributed by atoms with Crippen molar-refractivity contribution in [3.05, 3.63) is 96.4 Å². The topological polar surface area (TPSA) is 103 Å². The molecule has 31 heavy (non-hydrogen) atoms. The highest BCUT2D eigenvalue weighted by Gasteiger charge is 2.13. The quantitative estimate of drug-likeness (QED) is 0.410. The van der Waals surface area contributed by atoms with E-state index in [9.17, 15) is 0 Å². The summed E-state index contributed by atoms with van der Waals surface area (Å²) in [7, 11) is 0. The van der Waals surface area contributed by atoms with Gasteiger partial charge in [0.2, 0.25) is 5.95 Å². The first-order chi connectivity index (χ1) is 15.2. The lowest BCUT2D eigenvalue weighted by Crippen LogP contribution is -2.31. The number of hydrogen-bond acceptors (Lipinski definition) is 6. The van der Waals surface area contributed by atoms with Gasteiger partial charge in [0.25, 0.3) is 0 Å². The highest BCUT2D eigenvalue weighted by molar-refractivity contribution is 5.80. The normalized spacial score (nSPS) is 11.8. The summed E-state index contributed by atoms with van der Waals surface area (Å²) >= 11 is 0. The fourth-order valence-corrected chi connectivity index (χ4v) is 3.49. The molecule has 2 aromatic heterocycles. The fourth-order valence-electron chi connectivity index (χ4n) is 3.49. The van der Waals surface area contributed by atoms with Crippen molar-refractivity contribution in [2.24, 2.45) is 11.5 Å². The van der Waals surface area contributed by atoms with Crippen LogP contribution in [0.25, 0.3) is 22.4 Å². The second kappa shape index (κ2) is 9.93. The molecule has 5 N–H and O–H groups in total. The smallest absolute Gasteiger partial charge is 0.223 e. The maximum absolute atomic E-state index is 6.32. The predicted octanol–water partition coefficient (Wildman–Crippen LogP) is 3.65. The largest absolute Gasteiger partial charge is 0.353 e. The van der Waals surface area contributed by atoms with E-state index in [1.807, 2.05) is 54.7 Å². The molecule has 0 aliphatic rings. The molecule has 2 heterocycles. The summed E-state index contributed by atoms with van der Waals surface area (Å²) in [5.74, 6) is 0.550. The maximum atomic E-state index is 6.32. The number of aromatic nitrogens is 3. The van der Waals surface area contributed by atoms with E-state index in [4.69, 9.17) is 16.5 Å². The summed E-state index contributed by atoms with van der Waals surface area (Å²) in [6, 6.07) is 22.2. The molecule has 0 radical (unpaired) electrons. The third-order valence-electron chi connectivity index (χ3n) is 5.08. The van der Waals surface area contributed by atoms with Gasteiger partial charge in [-0.2, -0.15) is 0 Å². The van der Waals surface area contributed by atoms with Crippen LogP contribution in [0.5, 0.6) is 0 Å². The summed E-state index contributed by atoms with van der Waals surface area (Å²) in [5.41, 5.74) is 18.2. The molecule has 6 heteroatoms. The van der Waals surface area contributed by atoms with Gasteiger partial charge in [-0.1, -0.05) is 48.5 Å². The van der Waals surface area contributed by atoms with Gasteiger partial charge in [-0.3, -0.25) is 4.98 Å². The fraction of sp³-hybridized carbons (Fsp3) is 0.160. The highest BCUT2D eigenvalue weighted by Crippen LogP contribution is 2.31. The molecule has 156 valence electrons. The Kier molecular flexibility index (Phi) is 6.62. The van der Waals surface area contributed by atoms with Gasteiger partial charge >= 0.3 is 0 Å². The van der Waals surface area contributed by atoms with E-state index in [0.717, 1.165) is 34.4 Å². The van der Waals surface area contributed by atoms with E-state index >= 15 is 0 Å². The summed E-state index contributed by atoms with van der Waals surface area (Å²) < 4.78 is 0. The van der Waals surface area contributed by atoms with Crippen LogP contribution in [0.1, 0.15) is 11.1 Å². The zero-order valence-corrected chi connectivity index (χ0v) is 17.3. The average molecular weight is 411 g/mol. The Balaban J connectivity index is 1.58. The van der Waals surface area contributed by atoms with Gasteiger partial charge in [-0.15, -0.1) is 0 Å². The number of benzene rings is 2. The lowest BCUT2D eigenvalue weighted by molar-refractivity contribution is 0.696. The Labute approximate surface area is 182 Å². The zero-order valence-electron chi connectivity index (χ0n) is 17.3. The summed E-state index contributed by atoms with van der Waals surface area (Å²) in [5, 5.41) is 3.29. The van der Waals surface area contributed by atoms with Gasteiger partial charge in [-0.25, -0.2) is 9.97 Å². The zero-order chi connectivity index (χ0) is 21.5. The van der Waals surface area contributed by atoms with Crippen LogP contribution in [0.2, 0.25) is 0 Å². The molecule has 0 saturated heterocycles. The molecule has 0 spiro atoms. The first-order valence-electron chi connectivity index (χ1n) is 10.3. The molecule has 0 amide bonds. The minimum atomic E-state index is -0.0451. The molecule has 0 aliphatic carbocycles. The number of rotatable bonds is 8. The van der Waals surface area contributed by atoms with Crippen molar-refractivity contribution < 1.29 is 0 Å². The third kappa shape index (κ3) is 5.31. The van der Waals surface area contributed by atoms with E-state index in [2.05, 4.69) is 33.5 Å². The Morgan fingerprint density at radius 1 is 0.871 bits per heavy atom. The highest BCUT2D eigenvalue weighted by atomic mass is 15.1. The Morgan fingerprint density at radius 3 is 2.42 bits per heavy atom. The molecule has 4 rings (SSSR count). The number of hydrogen-bond donors (Lipinski definition) is 3. The molecule has 0 aliphatic heterocycles. The van der Waals surface area contributed by atoms with Crippen molar-refractivity contribution in [2.45, 2.75) is 19.0 Å². The second-order valence-electron chi connectivity index (χ2n) is 7.43. The van der Waals surface area contributed by atoms with Crippen molar-refractivity contribution in [1.29, 1.82) is 0 Å². The van der Waals surface area contributed by atoms with Crippen molar-refractivity contribution >= 4 is 5.95 Å². The van der Waals surface area contributed by atoms with E-state index in [-0.39, 0.29) is 6.04 Å². The van der Waals surface area contributed by atoms with Crippen LogP contribution in [0, 0.1) is 0 Å². The van der Waals surface area contributed by atoms with Crippen LogP contribution in [-0.2, 0) is 13.0 Å².